The average Bonchev–Trinajstić information content (AvgIpc) is 2.68. The molecule has 2 aromatic carbocycles. The molecular weight excluding hydrogens is 440 g/mol. The molecule has 2 atom stereocenters. The Morgan fingerprint density at radius 3 is 2.72 bits per heavy atom. The lowest BCUT2D eigenvalue weighted by Gasteiger charge is -2.27. The fourth-order valence-electron chi connectivity index (χ4n) is 3.11. The second kappa shape index (κ2) is 8.32. The van der Waals surface area contributed by atoms with E-state index in [1.54, 1.807) is 24.3 Å². The first kappa shape index (κ1) is 21.0. The number of nitrogens with zero attached hydrogens (tertiary/aromatic N) is 2. The molecule has 0 radical (unpaired) electrons. The number of aromatic nitrogens is 2. The molecule has 0 bridgehead atoms. The van der Waals surface area contributed by atoms with Crippen LogP contribution in [0.5, 0.6) is 0 Å². The lowest BCUT2D eigenvalue weighted by atomic mass is 9.77. The highest BCUT2D eigenvalue weighted by Crippen LogP contribution is 2.32. The number of aliphatic carboxylic acids is 1. The normalized spacial score (nSPS) is 14.3. The number of hydrogen-bond donors (Lipinski definition) is 5. The number of halogens is 1. The van der Waals surface area contributed by atoms with Crippen LogP contribution in [-0.2, 0) is 10.2 Å². The molecule has 0 saturated carbocycles. The number of carboxylic acid groups (broad SMARTS) is 1. The molecule has 6 N–H and O–H groups in total. The number of carboxylic acids is 1. The van der Waals surface area contributed by atoms with E-state index in [9.17, 15) is 15.0 Å². The molecule has 152 valence electrons. The number of nitrogens with one attached hydrogen (secondary N) is 1. The van der Waals surface area contributed by atoms with Crippen LogP contribution in [0, 0.1) is 0 Å². The van der Waals surface area contributed by atoms with Crippen LogP contribution < -0.4 is 11.1 Å². The molecule has 9 heteroatoms. The maximum Gasteiger partial charge on any atom is 0.313 e. The van der Waals surface area contributed by atoms with E-state index in [0.717, 1.165) is 9.86 Å². The molecule has 0 saturated heterocycles. The predicted molar refractivity (Wildman–Crippen MR) is 114 cm³/mol. The summed E-state index contributed by atoms with van der Waals surface area (Å²) in [6.45, 7) is 0.997. The van der Waals surface area contributed by atoms with Crippen LogP contribution in [0.2, 0.25) is 0 Å². The Hall–Kier alpha value is -2.75. The number of aliphatic hydroxyl groups excluding tert-OH is 2. The minimum Gasteiger partial charge on any atom is -0.481 e. The van der Waals surface area contributed by atoms with Gasteiger partial charge in [0.25, 0.3) is 0 Å². The zero-order chi connectivity index (χ0) is 21.2. The summed E-state index contributed by atoms with van der Waals surface area (Å²) in [5.74, 6) is -0.503. The van der Waals surface area contributed by atoms with Gasteiger partial charge in [-0.05, 0) is 49.2 Å². The molecule has 29 heavy (non-hydrogen) atoms. The van der Waals surface area contributed by atoms with Crippen molar-refractivity contribution in [3.05, 3.63) is 52.5 Å². The molecule has 1 heterocycles. The summed E-state index contributed by atoms with van der Waals surface area (Å²) in [6, 6.07) is 12.3. The molecular formula is C20H21BrN4O4. The van der Waals surface area contributed by atoms with Crippen LogP contribution in [0.1, 0.15) is 18.9 Å². The maximum absolute atomic E-state index is 11.9. The van der Waals surface area contributed by atoms with Gasteiger partial charge in [-0.15, -0.1) is 0 Å². The van der Waals surface area contributed by atoms with Gasteiger partial charge in [0, 0.05) is 15.5 Å². The van der Waals surface area contributed by atoms with E-state index in [4.69, 9.17) is 10.8 Å². The zero-order valence-corrected chi connectivity index (χ0v) is 17.2. The van der Waals surface area contributed by atoms with Crippen LogP contribution in [0.3, 0.4) is 0 Å². The standard InChI is InChI=1S/C20H21BrN4O4/c1-20(18(28)29,9-14(27)10-26)11-3-2-4-13(7-11)23-19-24-16-6-5-12(21)8-15(16)17(22)25-19/h2-8,14,26-27H,9-10H2,1H3,(H,28,29)(H3,22,23,24,25). The molecule has 8 nitrogen and oxygen atoms in total. The fourth-order valence-corrected chi connectivity index (χ4v) is 3.48. The summed E-state index contributed by atoms with van der Waals surface area (Å²) in [5.41, 5.74) is 6.38. The lowest BCUT2D eigenvalue weighted by molar-refractivity contribution is -0.144. The Labute approximate surface area is 175 Å². The largest absolute Gasteiger partial charge is 0.481 e. The van der Waals surface area contributed by atoms with Crippen LogP contribution in [0.25, 0.3) is 10.9 Å². The first-order valence-corrected chi connectivity index (χ1v) is 9.65. The number of anilines is 3. The summed E-state index contributed by atoms with van der Waals surface area (Å²) in [4.78, 5) is 20.6. The maximum atomic E-state index is 11.9. The van der Waals surface area contributed by atoms with Gasteiger partial charge in [0.15, 0.2) is 0 Å². The Balaban J connectivity index is 1.94. The van der Waals surface area contributed by atoms with Gasteiger partial charge >= 0.3 is 5.97 Å². The third-order valence-electron chi connectivity index (χ3n) is 4.77. The predicted octanol–water partition coefficient (Wildman–Crippen LogP) is 2.80. The average molecular weight is 461 g/mol. The number of aliphatic hydroxyl groups is 2. The Morgan fingerprint density at radius 2 is 2.03 bits per heavy atom. The van der Waals surface area contributed by atoms with Gasteiger partial charge in [-0.1, -0.05) is 28.1 Å². The minimum absolute atomic E-state index is 0.128. The van der Waals surface area contributed by atoms with Crippen molar-refractivity contribution in [3.8, 4) is 0 Å². The number of fused-ring (bicyclic) bond motifs is 1. The molecule has 0 aliphatic rings. The van der Waals surface area contributed by atoms with Crippen molar-refractivity contribution in [3.63, 3.8) is 0 Å². The van der Waals surface area contributed by atoms with E-state index < -0.39 is 24.1 Å². The summed E-state index contributed by atoms with van der Waals surface area (Å²) in [5, 5.41) is 32.4. The highest BCUT2D eigenvalue weighted by Gasteiger charge is 2.37. The molecule has 0 spiro atoms. The molecule has 0 fully saturated rings. The van der Waals surface area contributed by atoms with Crippen molar-refractivity contribution in [2.45, 2.75) is 24.9 Å². The quantitative estimate of drug-likeness (QED) is 0.362. The molecule has 3 aromatic rings. The Kier molecular flexibility index (Phi) is 6.02. The van der Waals surface area contributed by atoms with Crippen molar-refractivity contribution in [1.82, 2.24) is 9.97 Å². The molecule has 3 rings (SSSR count). The van der Waals surface area contributed by atoms with Gasteiger partial charge in [-0.2, -0.15) is 4.98 Å². The number of rotatable bonds is 7. The van der Waals surface area contributed by atoms with E-state index in [1.165, 1.54) is 6.92 Å². The van der Waals surface area contributed by atoms with Gasteiger partial charge in [0.2, 0.25) is 5.95 Å². The number of nitrogen functional groups attached to an aromatic ring is 1. The smallest absolute Gasteiger partial charge is 0.313 e. The molecule has 0 aliphatic heterocycles. The van der Waals surface area contributed by atoms with Crippen LogP contribution >= 0.6 is 15.9 Å². The number of benzene rings is 2. The minimum atomic E-state index is -1.38. The van der Waals surface area contributed by atoms with Crippen LogP contribution in [0.15, 0.2) is 46.9 Å². The fraction of sp³-hybridized carbons (Fsp3) is 0.250. The van der Waals surface area contributed by atoms with Crippen LogP contribution in [0.4, 0.5) is 17.5 Å². The van der Waals surface area contributed by atoms with E-state index >= 15 is 0 Å². The number of hydrogen-bond acceptors (Lipinski definition) is 7. The van der Waals surface area contributed by atoms with Gasteiger partial charge in [0.05, 0.1) is 23.6 Å². The summed E-state index contributed by atoms with van der Waals surface area (Å²) >= 11 is 3.39. The van der Waals surface area contributed by atoms with E-state index in [0.29, 0.717) is 22.6 Å². The first-order chi connectivity index (χ1) is 13.7. The molecule has 2 unspecified atom stereocenters. The second-order valence-corrected chi connectivity index (χ2v) is 7.89. The van der Waals surface area contributed by atoms with E-state index in [-0.39, 0.29) is 12.4 Å². The van der Waals surface area contributed by atoms with Gasteiger partial charge < -0.3 is 26.4 Å². The van der Waals surface area contributed by atoms with Crippen molar-refractivity contribution >= 4 is 50.3 Å². The summed E-state index contributed by atoms with van der Waals surface area (Å²) in [7, 11) is 0. The Morgan fingerprint density at radius 1 is 1.28 bits per heavy atom. The van der Waals surface area contributed by atoms with Crippen molar-refractivity contribution in [1.29, 1.82) is 0 Å². The number of nitrogens with two attached hydrogens (primary N) is 1. The van der Waals surface area contributed by atoms with Crippen molar-refractivity contribution in [2.75, 3.05) is 17.7 Å². The highest BCUT2D eigenvalue weighted by molar-refractivity contribution is 9.10. The van der Waals surface area contributed by atoms with Gasteiger partial charge in [0.1, 0.15) is 5.82 Å². The number of carbonyl (C=O) groups is 1. The third kappa shape index (κ3) is 4.47. The topological polar surface area (TPSA) is 142 Å². The zero-order valence-electron chi connectivity index (χ0n) is 15.6. The molecule has 0 amide bonds. The monoisotopic (exact) mass is 460 g/mol. The SMILES string of the molecule is CC(CC(O)CO)(C(=O)O)c1cccc(Nc2nc(N)c3cc(Br)ccc3n2)c1. The van der Waals surface area contributed by atoms with Gasteiger partial charge in [-0.25, -0.2) is 4.98 Å². The lowest BCUT2D eigenvalue weighted by Crippen LogP contribution is -2.37. The summed E-state index contributed by atoms with van der Waals surface area (Å²) in [6.07, 6.45) is -1.27. The van der Waals surface area contributed by atoms with Gasteiger partial charge in [-0.3, -0.25) is 4.79 Å². The Bertz CT molecular complexity index is 1060. The molecule has 1 aromatic heterocycles. The summed E-state index contributed by atoms with van der Waals surface area (Å²) < 4.78 is 0.867. The van der Waals surface area contributed by atoms with E-state index in [2.05, 4.69) is 31.2 Å². The van der Waals surface area contributed by atoms with Crippen molar-refractivity contribution < 1.29 is 20.1 Å². The first-order valence-electron chi connectivity index (χ1n) is 8.85. The van der Waals surface area contributed by atoms with Crippen LogP contribution in [-0.4, -0.2) is 44.0 Å². The highest BCUT2D eigenvalue weighted by atomic mass is 79.9. The van der Waals surface area contributed by atoms with Crippen molar-refractivity contribution in [2.24, 2.45) is 0 Å². The second-order valence-electron chi connectivity index (χ2n) is 6.98. The van der Waals surface area contributed by atoms with E-state index in [1.807, 2.05) is 18.2 Å². The third-order valence-corrected chi connectivity index (χ3v) is 5.26. The molecule has 0 aliphatic carbocycles.